The molecular weight excluding hydrogens is 224 g/mol. The van der Waals surface area contributed by atoms with Gasteiger partial charge in [-0.25, -0.2) is 0 Å². The van der Waals surface area contributed by atoms with Gasteiger partial charge in [-0.05, 0) is 31.6 Å². The third-order valence-electron chi connectivity index (χ3n) is 3.76. The molecule has 0 atom stereocenters. The fraction of sp³-hybridized carbons (Fsp3) is 0.667. The van der Waals surface area contributed by atoms with Gasteiger partial charge in [0.2, 0.25) is 0 Å². The molecule has 0 aliphatic heterocycles. The van der Waals surface area contributed by atoms with Gasteiger partial charge < -0.3 is 10.1 Å². The first-order valence-electron chi connectivity index (χ1n) is 6.90. The number of rotatable bonds is 7. The van der Waals surface area contributed by atoms with Crippen LogP contribution in [0.3, 0.4) is 0 Å². The van der Waals surface area contributed by atoms with Gasteiger partial charge in [0, 0.05) is 30.9 Å². The van der Waals surface area contributed by atoms with E-state index in [1.165, 1.54) is 25.7 Å². The highest BCUT2D eigenvalue weighted by atomic mass is 16.5. The Morgan fingerprint density at radius 1 is 1.39 bits per heavy atom. The average Bonchev–Trinajstić information content (AvgIpc) is 3.09. The summed E-state index contributed by atoms with van der Waals surface area (Å²) in [5.74, 6) is 0.897. The van der Waals surface area contributed by atoms with Gasteiger partial charge >= 0.3 is 0 Å². The van der Waals surface area contributed by atoms with Crippen molar-refractivity contribution < 1.29 is 4.74 Å². The summed E-state index contributed by atoms with van der Waals surface area (Å²) in [6.07, 6.45) is 5.42. The van der Waals surface area contributed by atoms with Crippen molar-refractivity contribution in [1.82, 2.24) is 10.3 Å². The molecule has 100 valence electrons. The number of nitrogens with one attached hydrogen (secondary N) is 1. The second kappa shape index (κ2) is 5.70. The van der Waals surface area contributed by atoms with Gasteiger partial charge in [0.1, 0.15) is 5.75 Å². The molecule has 0 unspecified atom stereocenters. The number of hydrogen-bond acceptors (Lipinski definition) is 3. The predicted octanol–water partition coefficient (Wildman–Crippen LogP) is 3.07. The Morgan fingerprint density at radius 2 is 2.17 bits per heavy atom. The van der Waals surface area contributed by atoms with Crippen LogP contribution in [0.5, 0.6) is 5.75 Å². The number of ether oxygens (including phenoxy) is 1. The summed E-state index contributed by atoms with van der Waals surface area (Å²) in [6, 6.07) is 3.97. The molecule has 2 rings (SSSR count). The Morgan fingerprint density at radius 3 is 2.78 bits per heavy atom. The van der Waals surface area contributed by atoms with Gasteiger partial charge in [-0.3, -0.25) is 4.98 Å². The fourth-order valence-electron chi connectivity index (χ4n) is 2.59. The van der Waals surface area contributed by atoms with E-state index >= 15 is 0 Å². The molecule has 1 heterocycles. The Labute approximate surface area is 110 Å². The van der Waals surface area contributed by atoms with E-state index < -0.39 is 0 Å². The number of aryl methyl sites for hydroxylation is 1. The van der Waals surface area contributed by atoms with Gasteiger partial charge in [-0.2, -0.15) is 0 Å². The van der Waals surface area contributed by atoms with E-state index in [4.69, 9.17) is 4.74 Å². The molecule has 1 N–H and O–H groups in total. The Kier molecular flexibility index (Phi) is 4.23. The standard InChI is InChI=1S/C15H24N2O/c1-4-5-15(6-7-15)11-16-10-13-9-14(18-3)8-12(2)17-13/h8-9,16H,4-7,10-11H2,1-3H3. The maximum absolute atomic E-state index is 5.27. The molecule has 3 nitrogen and oxygen atoms in total. The highest BCUT2D eigenvalue weighted by Gasteiger charge is 2.40. The number of nitrogens with zero attached hydrogens (tertiary/aromatic N) is 1. The predicted molar refractivity (Wildman–Crippen MR) is 73.8 cm³/mol. The molecule has 1 fully saturated rings. The molecule has 1 aromatic heterocycles. The molecular formula is C15H24N2O. The van der Waals surface area contributed by atoms with Crippen LogP contribution in [0.4, 0.5) is 0 Å². The quantitative estimate of drug-likeness (QED) is 0.805. The first kappa shape index (κ1) is 13.3. The zero-order valence-electron chi connectivity index (χ0n) is 11.8. The average molecular weight is 248 g/mol. The Bertz CT molecular complexity index is 399. The van der Waals surface area contributed by atoms with E-state index in [0.717, 1.165) is 30.2 Å². The van der Waals surface area contributed by atoms with Crippen LogP contribution in [-0.4, -0.2) is 18.6 Å². The van der Waals surface area contributed by atoms with E-state index in [2.05, 4.69) is 17.2 Å². The van der Waals surface area contributed by atoms with E-state index in [9.17, 15) is 0 Å². The molecule has 3 heteroatoms. The minimum atomic E-state index is 0.600. The number of pyridine rings is 1. The lowest BCUT2D eigenvalue weighted by atomic mass is 10.0. The van der Waals surface area contributed by atoms with Crippen LogP contribution < -0.4 is 10.1 Å². The van der Waals surface area contributed by atoms with Crippen molar-refractivity contribution in [1.29, 1.82) is 0 Å². The summed E-state index contributed by atoms with van der Waals surface area (Å²) in [5.41, 5.74) is 2.68. The van der Waals surface area contributed by atoms with Crippen LogP contribution in [0.1, 0.15) is 44.0 Å². The third-order valence-corrected chi connectivity index (χ3v) is 3.76. The lowest BCUT2D eigenvalue weighted by molar-refractivity contribution is 0.409. The smallest absolute Gasteiger partial charge is 0.122 e. The van der Waals surface area contributed by atoms with Crippen molar-refractivity contribution in [3.63, 3.8) is 0 Å². The molecule has 0 bridgehead atoms. The van der Waals surface area contributed by atoms with Crippen LogP contribution in [-0.2, 0) is 6.54 Å². The largest absolute Gasteiger partial charge is 0.497 e. The molecule has 0 saturated heterocycles. The minimum Gasteiger partial charge on any atom is -0.497 e. The molecule has 0 radical (unpaired) electrons. The van der Waals surface area contributed by atoms with Crippen molar-refractivity contribution in [2.24, 2.45) is 5.41 Å². The molecule has 1 aliphatic rings. The first-order valence-corrected chi connectivity index (χ1v) is 6.90. The summed E-state index contributed by atoms with van der Waals surface area (Å²) in [5, 5.41) is 3.55. The maximum atomic E-state index is 5.27. The van der Waals surface area contributed by atoms with Gasteiger partial charge in [0.15, 0.2) is 0 Å². The number of aromatic nitrogens is 1. The lowest BCUT2D eigenvalue weighted by Crippen LogP contribution is -2.24. The summed E-state index contributed by atoms with van der Waals surface area (Å²) < 4.78 is 5.27. The topological polar surface area (TPSA) is 34.1 Å². The molecule has 1 saturated carbocycles. The molecule has 18 heavy (non-hydrogen) atoms. The molecule has 1 aromatic rings. The minimum absolute atomic E-state index is 0.600. The van der Waals surface area contributed by atoms with Crippen molar-refractivity contribution in [2.45, 2.75) is 46.1 Å². The Balaban J connectivity index is 1.85. The normalized spacial score (nSPS) is 16.6. The van der Waals surface area contributed by atoms with Gasteiger partial charge in [-0.1, -0.05) is 13.3 Å². The maximum Gasteiger partial charge on any atom is 0.122 e. The van der Waals surface area contributed by atoms with Gasteiger partial charge in [0.05, 0.1) is 12.8 Å². The second-order valence-electron chi connectivity index (χ2n) is 5.49. The molecule has 0 amide bonds. The van der Waals surface area contributed by atoms with E-state index in [1.807, 2.05) is 19.1 Å². The molecule has 0 aromatic carbocycles. The lowest BCUT2D eigenvalue weighted by Gasteiger charge is -2.15. The highest BCUT2D eigenvalue weighted by Crippen LogP contribution is 2.48. The molecule has 0 spiro atoms. The summed E-state index contributed by atoms with van der Waals surface area (Å²) in [7, 11) is 1.70. The van der Waals surface area contributed by atoms with Crippen molar-refractivity contribution in [3.05, 3.63) is 23.5 Å². The van der Waals surface area contributed by atoms with Gasteiger partial charge in [-0.15, -0.1) is 0 Å². The van der Waals surface area contributed by atoms with E-state index in [0.29, 0.717) is 5.41 Å². The second-order valence-corrected chi connectivity index (χ2v) is 5.49. The zero-order chi connectivity index (χ0) is 13.0. The third kappa shape index (κ3) is 3.45. The summed E-state index contributed by atoms with van der Waals surface area (Å²) in [6.45, 7) is 6.24. The van der Waals surface area contributed by atoms with Crippen LogP contribution >= 0.6 is 0 Å². The van der Waals surface area contributed by atoms with Crippen molar-refractivity contribution in [3.8, 4) is 5.75 Å². The van der Waals surface area contributed by atoms with E-state index in [1.54, 1.807) is 7.11 Å². The van der Waals surface area contributed by atoms with Crippen molar-refractivity contribution >= 4 is 0 Å². The summed E-state index contributed by atoms with van der Waals surface area (Å²) >= 11 is 0. The number of methoxy groups -OCH3 is 1. The SMILES string of the molecule is CCCC1(CNCc2cc(OC)cc(C)n2)CC1. The van der Waals surface area contributed by atoms with Crippen LogP contribution in [0.2, 0.25) is 0 Å². The van der Waals surface area contributed by atoms with Crippen LogP contribution in [0, 0.1) is 12.3 Å². The Hall–Kier alpha value is -1.09. The van der Waals surface area contributed by atoms with E-state index in [-0.39, 0.29) is 0 Å². The van der Waals surface area contributed by atoms with Crippen molar-refractivity contribution in [2.75, 3.05) is 13.7 Å². The first-order chi connectivity index (χ1) is 8.67. The monoisotopic (exact) mass is 248 g/mol. The number of hydrogen-bond donors (Lipinski definition) is 1. The van der Waals surface area contributed by atoms with Crippen LogP contribution in [0.15, 0.2) is 12.1 Å². The molecule has 1 aliphatic carbocycles. The zero-order valence-corrected chi connectivity index (χ0v) is 11.8. The van der Waals surface area contributed by atoms with Crippen LogP contribution in [0.25, 0.3) is 0 Å². The summed E-state index contributed by atoms with van der Waals surface area (Å²) in [4.78, 5) is 4.53. The van der Waals surface area contributed by atoms with Gasteiger partial charge in [0.25, 0.3) is 0 Å². The fourth-order valence-corrected chi connectivity index (χ4v) is 2.59. The highest BCUT2D eigenvalue weighted by molar-refractivity contribution is 5.26.